The van der Waals surface area contributed by atoms with Gasteiger partial charge in [-0.15, -0.1) is 0 Å². The minimum Gasteiger partial charge on any atom is -0.493 e. The van der Waals surface area contributed by atoms with Crippen molar-refractivity contribution in [3.05, 3.63) is 117 Å². The molecule has 4 aromatic rings. The van der Waals surface area contributed by atoms with Crippen LogP contribution in [-0.2, 0) is 21.4 Å². The standard InChI is InChI=1S/C32H32BrN3O5S/c1-22-10-13-25(14-11-22)21-41-32-29(33)17-26(18-30(32)40-4)19-34-35-31(37)20-36(27-15-12-23(2)24(3)16-27)42(38,39)28-8-6-5-7-9-28/h5-19H,20-21H2,1-4H3,(H,35,37)/b34-19-. The first-order valence-corrected chi connectivity index (χ1v) is 15.3. The van der Waals surface area contributed by atoms with E-state index in [1.54, 1.807) is 42.5 Å². The van der Waals surface area contributed by atoms with Crippen LogP contribution in [0.25, 0.3) is 0 Å². The quantitative estimate of drug-likeness (QED) is 0.152. The molecular weight excluding hydrogens is 618 g/mol. The lowest BCUT2D eigenvalue weighted by atomic mass is 10.1. The van der Waals surface area contributed by atoms with Crippen LogP contribution in [0.3, 0.4) is 0 Å². The van der Waals surface area contributed by atoms with Crippen molar-refractivity contribution in [3.63, 3.8) is 0 Å². The molecule has 8 nitrogen and oxygen atoms in total. The predicted molar refractivity (Wildman–Crippen MR) is 169 cm³/mol. The Morgan fingerprint density at radius 2 is 1.67 bits per heavy atom. The van der Waals surface area contributed by atoms with Gasteiger partial charge < -0.3 is 9.47 Å². The molecule has 0 radical (unpaired) electrons. The van der Waals surface area contributed by atoms with Gasteiger partial charge in [0.15, 0.2) is 11.5 Å². The van der Waals surface area contributed by atoms with Crippen LogP contribution < -0.4 is 19.2 Å². The molecule has 42 heavy (non-hydrogen) atoms. The van der Waals surface area contributed by atoms with Crippen LogP contribution in [0.15, 0.2) is 99.4 Å². The number of nitrogens with one attached hydrogen (secondary N) is 1. The number of carbonyl (C=O) groups is 1. The van der Waals surface area contributed by atoms with E-state index in [0.29, 0.717) is 33.8 Å². The Morgan fingerprint density at radius 3 is 2.33 bits per heavy atom. The second-order valence-electron chi connectivity index (χ2n) is 9.69. The number of hydrogen-bond acceptors (Lipinski definition) is 6. The van der Waals surface area contributed by atoms with Crippen molar-refractivity contribution in [2.24, 2.45) is 5.10 Å². The van der Waals surface area contributed by atoms with Gasteiger partial charge in [-0.25, -0.2) is 13.8 Å². The van der Waals surface area contributed by atoms with E-state index < -0.39 is 22.5 Å². The maximum Gasteiger partial charge on any atom is 0.264 e. The Bertz CT molecular complexity index is 1690. The summed E-state index contributed by atoms with van der Waals surface area (Å²) in [5.74, 6) is 0.418. The Labute approximate surface area is 255 Å². The van der Waals surface area contributed by atoms with Gasteiger partial charge in [0.1, 0.15) is 13.2 Å². The summed E-state index contributed by atoms with van der Waals surface area (Å²) in [4.78, 5) is 13.0. The fourth-order valence-electron chi connectivity index (χ4n) is 4.05. The second kappa shape index (κ2) is 13.7. The molecule has 0 atom stereocenters. The molecule has 0 saturated heterocycles. The molecule has 0 spiro atoms. The fraction of sp³-hybridized carbons (Fsp3) is 0.188. The number of halogens is 1. The zero-order valence-corrected chi connectivity index (χ0v) is 26.2. The molecule has 1 amide bonds. The third kappa shape index (κ3) is 7.57. The fourth-order valence-corrected chi connectivity index (χ4v) is 6.06. The molecule has 1 N–H and O–H groups in total. The van der Waals surface area contributed by atoms with Gasteiger partial charge in [0.25, 0.3) is 15.9 Å². The number of carbonyl (C=O) groups excluding carboxylic acids is 1. The number of hydrazone groups is 1. The van der Waals surface area contributed by atoms with E-state index in [0.717, 1.165) is 21.0 Å². The topological polar surface area (TPSA) is 97.3 Å². The average molecular weight is 651 g/mol. The summed E-state index contributed by atoms with van der Waals surface area (Å²) in [7, 11) is -2.48. The largest absolute Gasteiger partial charge is 0.493 e. The van der Waals surface area contributed by atoms with Gasteiger partial charge in [-0.05, 0) is 95.4 Å². The Balaban J connectivity index is 1.49. The van der Waals surface area contributed by atoms with E-state index >= 15 is 0 Å². The number of amides is 1. The van der Waals surface area contributed by atoms with E-state index in [2.05, 4.69) is 26.5 Å². The van der Waals surface area contributed by atoms with Crippen LogP contribution in [-0.4, -0.2) is 34.2 Å². The van der Waals surface area contributed by atoms with E-state index in [1.165, 1.54) is 31.0 Å². The molecule has 0 aliphatic carbocycles. The summed E-state index contributed by atoms with van der Waals surface area (Å²) < 4.78 is 40.3. The summed E-state index contributed by atoms with van der Waals surface area (Å²) in [5.41, 5.74) is 7.57. The first-order chi connectivity index (χ1) is 20.1. The zero-order chi connectivity index (χ0) is 30.3. The van der Waals surface area contributed by atoms with Crippen LogP contribution in [0.5, 0.6) is 11.5 Å². The van der Waals surface area contributed by atoms with Gasteiger partial charge in [0, 0.05) is 0 Å². The van der Waals surface area contributed by atoms with Crippen molar-refractivity contribution in [2.75, 3.05) is 18.0 Å². The molecule has 0 aromatic heterocycles. The molecule has 218 valence electrons. The summed E-state index contributed by atoms with van der Waals surface area (Å²) in [6.07, 6.45) is 1.45. The van der Waals surface area contributed by atoms with Crippen LogP contribution >= 0.6 is 15.9 Å². The molecule has 0 aliphatic rings. The first-order valence-electron chi connectivity index (χ1n) is 13.1. The number of nitrogens with zero attached hydrogens (tertiary/aromatic N) is 2. The minimum atomic E-state index is -4.02. The summed E-state index contributed by atoms with van der Waals surface area (Å²) in [5, 5.41) is 4.06. The first kappa shape index (κ1) is 30.8. The van der Waals surface area contributed by atoms with Crippen molar-refractivity contribution in [3.8, 4) is 11.5 Å². The average Bonchev–Trinajstić information content (AvgIpc) is 2.98. The number of ether oxygens (including phenoxy) is 2. The molecular formula is C32H32BrN3O5S. The lowest BCUT2D eigenvalue weighted by Crippen LogP contribution is -2.39. The number of benzene rings is 4. The van der Waals surface area contributed by atoms with Crippen molar-refractivity contribution in [1.82, 2.24) is 5.43 Å². The second-order valence-corrected chi connectivity index (χ2v) is 12.4. The predicted octanol–water partition coefficient (Wildman–Crippen LogP) is 6.31. The summed E-state index contributed by atoms with van der Waals surface area (Å²) in [6.45, 7) is 5.76. The number of rotatable bonds is 11. The summed E-state index contributed by atoms with van der Waals surface area (Å²) >= 11 is 3.53. The highest BCUT2D eigenvalue weighted by molar-refractivity contribution is 9.10. The molecule has 0 aliphatic heterocycles. The van der Waals surface area contributed by atoms with Crippen molar-refractivity contribution in [1.29, 1.82) is 0 Å². The van der Waals surface area contributed by atoms with Gasteiger partial charge in [-0.3, -0.25) is 9.10 Å². The third-order valence-electron chi connectivity index (χ3n) is 6.56. The molecule has 0 fully saturated rings. The Kier molecular flexibility index (Phi) is 10.0. The highest BCUT2D eigenvalue weighted by atomic mass is 79.9. The molecule has 0 unspecified atom stereocenters. The maximum absolute atomic E-state index is 13.5. The molecule has 0 bridgehead atoms. The van der Waals surface area contributed by atoms with Crippen LogP contribution in [0.1, 0.15) is 27.8 Å². The van der Waals surface area contributed by atoms with E-state index in [1.807, 2.05) is 51.1 Å². The molecule has 4 rings (SSSR count). The molecule has 0 saturated carbocycles. The monoisotopic (exact) mass is 649 g/mol. The molecule has 4 aromatic carbocycles. The minimum absolute atomic E-state index is 0.0844. The highest BCUT2D eigenvalue weighted by Gasteiger charge is 2.27. The number of sulfonamides is 1. The van der Waals surface area contributed by atoms with Gasteiger partial charge in [-0.1, -0.05) is 54.1 Å². The van der Waals surface area contributed by atoms with Crippen molar-refractivity contribution >= 4 is 43.8 Å². The van der Waals surface area contributed by atoms with Crippen LogP contribution in [0.2, 0.25) is 0 Å². The maximum atomic E-state index is 13.5. The lowest BCUT2D eigenvalue weighted by Gasteiger charge is -2.24. The number of aryl methyl sites for hydroxylation is 3. The number of methoxy groups -OCH3 is 1. The Hall–Kier alpha value is -4.15. The van der Waals surface area contributed by atoms with Crippen molar-refractivity contribution < 1.29 is 22.7 Å². The normalized spacial score (nSPS) is 11.4. The van der Waals surface area contributed by atoms with E-state index in [4.69, 9.17) is 9.47 Å². The summed E-state index contributed by atoms with van der Waals surface area (Å²) in [6, 6.07) is 24.8. The van der Waals surface area contributed by atoms with E-state index in [9.17, 15) is 13.2 Å². The van der Waals surface area contributed by atoms with Gasteiger partial charge in [0.05, 0.1) is 28.4 Å². The SMILES string of the molecule is COc1cc(/C=N\NC(=O)CN(c2ccc(C)c(C)c2)S(=O)(=O)c2ccccc2)cc(Br)c1OCc1ccc(C)cc1. The highest BCUT2D eigenvalue weighted by Crippen LogP contribution is 2.37. The lowest BCUT2D eigenvalue weighted by molar-refractivity contribution is -0.119. The number of anilines is 1. The van der Waals surface area contributed by atoms with Crippen LogP contribution in [0, 0.1) is 20.8 Å². The molecule has 10 heteroatoms. The van der Waals surface area contributed by atoms with Crippen LogP contribution in [0.4, 0.5) is 5.69 Å². The van der Waals surface area contributed by atoms with Gasteiger partial charge in [0.2, 0.25) is 0 Å². The smallest absolute Gasteiger partial charge is 0.264 e. The molecule has 0 heterocycles. The van der Waals surface area contributed by atoms with E-state index in [-0.39, 0.29) is 4.90 Å². The zero-order valence-electron chi connectivity index (χ0n) is 23.8. The number of hydrogen-bond donors (Lipinski definition) is 1. The third-order valence-corrected chi connectivity index (χ3v) is 8.93. The Morgan fingerprint density at radius 1 is 0.952 bits per heavy atom. The van der Waals surface area contributed by atoms with Gasteiger partial charge in [-0.2, -0.15) is 5.10 Å². The van der Waals surface area contributed by atoms with Crippen molar-refractivity contribution in [2.45, 2.75) is 32.3 Å². The van der Waals surface area contributed by atoms with Gasteiger partial charge >= 0.3 is 0 Å².